The van der Waals surface area contributed by atoms with Crippen LogP contribution in [0.15, 0.2) is 0 Å². The number of nitrogens with zero attached hydrogens (tertiary/aromatic N) is 1. The van der Waals surface area contributed by atoms with Crippen LogP contribution >= 0.6 is 0 Å². The molecule has 5 heteroatoms. The van der Waals surface area contributed by atoms with Crippen LogP contribution in [0.3, 0.4) is 0 Å². The number of imide groups is 2. The molecule has 5 nitrogen and oxygen atoms in total. The molecule has 86 valence electrons. The highest BCUT2D eigenvalue weighted by molar-refractivity contribution is 6.19. The molecule has 1 spiro atoms. The normalized spacial score (nSPS) is 28.8. The third-order valence-corrected chi connectivity index (χ3v) is 3.87. The molecule has 2 saturated carbocycles. The predicted molar refractivity (Wildman–Crippen MR) is 54.3 cm³/mol. The summed E-state index contributed by atoms with van der Waals surface area (Å²) in [5.74, 6) is -0.627. The molecule has 0 bridgehead atoms. The Balaban J connectivity index is 1.96. The second kappa shape index (κ2) is 3.06. The van der Waals surface area contributed by atoms with E-state index in [-0.39, 0.29) is 17.9 Å². The van der Waals surface area contributed by atoms with Gasteiger partial charge in [0, 0.05) is 6.04 Å². The van der Waals surface area contributed by atoms with Gasteiger partial charge in [0.2, 0.25) is 11.8 Å². The summed E-state index contributed by atoms with van der Waals surface area (Å²) in [7, 11) is 0. The molecule has 0 aromatic heterocycles. The van der Waals surface area contributed by atoms with Crippen LogP contribution in [0.5, 0.6) is 0 Å². The number of rotatable bonds is 1. The summed E-state index contributed by atoms with van der Waals surface area (Å²) in [5, 5.41) is 2.34. The Morgan fingerprint density at radius 3 is 2.31 bits per heavy atom. The Morgan fingerprint density at radius 1 is 1.12 bits per heavy atom. The second-order valence-corrected chi connectivity index (χ2v) is 4.95. The van der Waals surface area contributed by atoms with Gasteiger partial charge in [-0.25, -0.2) is 4.79 Å². The summed E-state index contributed by atoms with van der Waals surface area (Å²) in [6.45, 7) is 0. The second-order valence-electron chi connectivity index (χ2n) is 4.95. The van der Waals surface area contributed by atoms with Gasteiger partial charge in [0.1, 0.15) is 5.41 Å². The fraction of sp³-hybridized carbons (Fsp3) is 0.727. The van der Waals surface area contributed by atoms with Crippen LogP contribution in [0.2, 0.25) is 0 Å². The van der Waals surface area contributed by atoms with Gasteiger partial charge in [-0.2, -0.15) is 0 Å². The monoisotopic (exact) mass is 222 g/mol. The molecule has 4 amide bonds. The van der Waals surface area contributed by atoms with Crippen LogP contribution < -0.4 is 5.32 Å². The Kier molecular flexibility index (Phi) is 1.87. The molecular formula is C11H14N2O3. The summed E-state index contributed by atoms with van der Waals surface area (Å²) in [5.41, 5.74) is -0.920. The molecule has 1 saturated heterocycles. The topological polar surface area (TPSA) is 66.5 Å². The summed E-state index contributed by atoms with van der Waals surface area (Å²) in [4.78, 5) is 37.0. The van der Waals surface area contributed by atoms with Crippen LogP contribution in [0.25, 0.3) is 0 Å². The quantitative estimate of drug-likeness (QED) is 0.667. The van der Waals surface area contributed by atoms with Crippen LogP contribution in [0.4, 0.5) is 4.79 Å². The van der Waals surface area contributed by atoms with E-state index in [0.717, 1.165) is 25.7 Å². The van der Waals surface area contributed by atoms with E-state index < -0.39 is 11.4 Å². The van der Waals surface area contributed by atoms with Gasteiger partial charge in [-0.1, -0.05) is 12.8 Å². The van der Waals surface area contributed by atoms with Crippen LogP contribution in [0.1, 0.15) is 38.5 Å². The average Bonchev–Trinajstić information content (AvgIpc) is 2.94. The number of nitrogens with one attached hydrogen (secondary N) is 1. The summed E-state index contributed by atoms with van der Waals surface area (Å²) in [6.07, 6.45) is 4.73. The Bertz CT molecular complexity index is 381. The summed E-state index contributed by atoms with van der Waals surface area (Å²) >= 11 is 0. The molecule has 0 radical (unpaired) electrons. The van der Waals surface area contributed by atoms with Gasteiger partial charge in [0.15, 0.2) is 0 Å². The number of hydrogen-bond donors (Lipinski definition) is 1. The molecule has 3 aliphatic rings. The van der Waals surface area contributed by atoms with Crippen molar-refractivity contribution in [2.45, 2.75) is 44.6 Å². The van der Waals surface area contributed by atoms with Crippen molar-refractivity contribution in [3.63, 3.8) is 0 Å². The zero-order valence-electron chi connectivity index (χ0n) is 8.99. The maximum atomic E-state index is 12.3. The first-order valence-electron chi connectivity index (χ1n) is 5.84. The first-order valence-corrected chi connectivity index (χ1v) is 5.84. The standard InChI is InChI=1S/C11H14N2O3/c14-8-11(5-1-2-6-11)9(15)13(7-3-4-7)10(16)12-8/h7H,1-6H2,(H,12,14,16). The van der Waals surface area contributed by atoms with Crippen molar-refractivity contribution >= 4 is 17.8 Å². The summed E-state index contributed by atoms with van der Waals surface area (Å²) < 4.78 is 0. The number of hydrogen-bond acceptors (Lipinski definition) is 3. The van der Waals surface area contributed by atoms with E-state index in [0.29, 0.717) is 12.8 Å². The lowest BCUT2D eigenvalue weighted by atomic mass is 9.82. The van der Waals surface area contributed by atoms with Crippen molar-refractivity contribution in [3.8, 4) is 0 Å². The Morgan fingerprint density at radius 2 is 1.75 bits per heavy atom. The smallest absolute Gasteiger partial charge is 0.277 e. The highest BCUT2D eigenvalue weighted by Crippen LogP contribution is 2.44. The lowest BCUT2D eigenvalue weighted by Crippen LogP contribution is -2.63. The molecule has 2 aliphatic carbocycles. The van der Waals surface area contributed by atoms with Crippen molar-refractivity contribution in [1.29, 1.82) is 0 Å². The average molecular weight is 222 g/mol. The van der Waals surface area contributed by atoms with E-state index in [9.17, 15) is 14.4 Å². The molecule has 0 atom stereocenters. The van der Waals surface area contributed by atoms with Crippen molar-refractivity contribution in [2.75, 3.05) is 0 Å². The van der Waals surface area contributed by atoms with Crippen molar-refractivity contribution in [2.24, 2.45) is 5.41 Å². The lowest BCUT2D eigenvalue weighted by Gasteiger charge is -2.36. The van der Waals surface area contributed by atoms with Gasteiger partial charge < -0.3 is 0 Å². The fourth-order valence-corrected chi connectivity index (χ4v) is 2.78. The first-order chi connectivity index (χ1) is 7.65. The lowest BCUT2D eigenvalue weighted by molar-refractivity contribution is -0.151. The minimum absolute atomic E-state index is 0.0399. The molecule has 1 aliphatic heterocycles. The molecule has 0 unspecified atom stereocenters. The summed E-state index contributed by atoms with van der Waals surface area (Å²) in [6, 6.07) is -0.479. The zero-order chi connectivity index (χ0) is 11.3. The maximum Gasteiger partial charge on any atom is 0.331 e. The third kappa shape index (κ3) is 1.14. The van der Waals surface area contributed by atoms with Gasteiger partial charge in [-0.05, 0) is 25.7 Å². The number of urea groups is 1. The van der Waals surface area contributed by atoms with Gasteiger partial charge in [0.25, 0.3) is 0 Å². The van der Waals surface area contributed by atoms with Crippen LogP contribution in [-0.2, 0) is 9.59 Å². The van der Waals surface area contributed by atoms with E-state index in [1.165, 1.54) is 4.90 Å². The number of barbiturate groups is 1. The molecule has 3 fully saturated rings. The first kappa shape index (κ1) is 9.81. The molecule has 16 heavy (non-hydrogen) atoms. The molecule has 0 aromatic rings. The highest BCUT2D eigenvalue weighted by atomic mass is 16.2. The van der Waals surface area contributed by atoms with Gasteiger partial charge >= 0.3 is 6.03 Å². The van der Waals surface area contributed by atoms with Crippen molar-refractivity contribution in [3.05, 3.63) is 0 Å². The SMILES string of the molecule is O=C1NC(=O)C2(CCCC2)C(=O)N1C1CC1. The number of carbonyl (C=O) groups excluding carboxylic acids is 3. The molecule has 1 heterocycles. The van der Waals surface area contributed by atoms with Crippen molar-refractivity contribution in [1.82, 2.24) is 10.2 Å². The van der Waals surface area contributed by atoms with E-state index in [1.807, 2.05) is 0 Å². The van der Waals surface area contributed by atoms with Crippen molar-refractivity contribution < 1.29 is 14.4 Å². The Hall–Kier alpha value is -1.39. The highest BCUT2D eigenvalue weighted by Gasteiger charge is 2.57. The Labute approximate surface area is 93.2 Å². The minimum atomic E-state index is -0.920. The number of carbonyl (C=O) groups is 3. The third-order valence-electron chi connectivity index (χ3n) is 3.87. The molecule has 1 N–H and O–H groups in total. The van der Waals surface area contributed by atoms with Crippen LogP contribution in [0, 0.1) is 5.41 Å². The van der Waals surface area contributed by atoms with Crippen LogP contribution in [-0.4, -0.2) is 28.8 Å². The maximum absolute atomic E-state index is 12.3. The minimum Gasteiger partial charge on any atom is -0.277 e. The number of amides is 4. The van der Waals surface area contributed by atoms with E-state index >= 15 is 0 Å². The predicted octanol–water partition coefficient (Wildman–Crippen LogP) is 0.788. The van der Waals surface area contributed by atoms with Gasteiger partial charge in [-0.15, -0.1) is 0 Å². The molecule has 0 aromatic carbocycles. The molecule has 3 rings (SSSR count). The fourth-order valence-electron chi connectivity index (χ4n) is 2.78. The largest absolute Gasteiger partial charge is 0.331 e. The van der Waals surface area contributed by atoms with Gasteiger partial charge in [-0.3, -0.25) is 19.8 Å². The van der Waals surface area contributed by atoms with E-state index in [1.54, 1.807) is 0 Å². The van der Waals surface area contributed by atoms with Gasteiger partial charge in [0.05, 0.1) is 0 Å². The molecular weight excluding hydrogens is 208 g/mol. The van der Waals surface area contributed by atoms with E-state index in [4.69, 9.17) is 0 Å². The zero-order valence-corrected chi connectivity index (χ0v) is 8.99. The van der Waals surface area contributed by atoms with E-state index in [2.05, 4.69) is 5.32 Å².